The molecule has 0 aliphatic rings. The van der Waals surface area contributed by atoms with Crippen LogP contribution in [-0.2, 0) is 4.79 Å². The van der Waals surface area contributed by atoms with Crippen LogP contribution in [0.4, 0.5) is 5.13 Å². The van der Waals surface area contributed by atoms with Crippen molar-refractivity contribution in [2.75, 3.05) is 18.4 Å². The molecule has 1 aromatic heterocycles. The topological polar surface area (TPSA) is 54.0 Å². The minimum Gasteiger partial charge on any atom is -0.361 e. The molecule has 0 spiro atoms. The van der Waals surface area contributed by atoms with Crippen LogP contribution in [0.1, 0.15) is 23.9 Å². The average molecular weight is 227 g/mol. The molecule has 0 radical (unpaired) electrons. The molecule has 0 bridgehead atoms. The highest BCUT2D eigenvalue weighted by atomic mass is 32.1. The van der Waals surface area contributed by atoms with Crippen LogP contribution in [0.15, 0.2) is 0 Å². The Bertz CT molecular complexity index is 316. The highest BCUT2D eigenvalue weighted by molar-refractivity contribution is 7.15. The van der Waals surface area contributed by atoms with Gasteiger partial charge in [0, 0.05) is 24.4 Å². The standard InChI is InChI=1S/C10H17N3OS/c1-4-11-9(14)5-6-12-10-13-7(2)8(3)15-10/h4-6H2,1-3H3,(H,11,14)(H,12,13). The van der Waals surface area contributed by atoms with Gasteiger partial charge < -0.3 is 10.6 Å². The second kappa shape index (κ2) is 5.70. The molecule has 84 valence electrons. The molecule has 0 fully saturated rings. The van der Waals surface area contributed by atoms with E-state index in [-0.39, 0.29) is 5.91 Å². The summed E-state index contributed by atoms with van der Waals surface area (Å²) < 4.78 is 0. The number of hydrogen-bond donors (Lipinski definition) is 2. The Kier molecular flexibility index (Phi) is 4.55. The summed E-state index contributed by atoms with van der Waals surface area (Å²) in [7, 11) is 0. The SMILES string of the molecule is CCNC(=O)CCNc1nc(C)c(C)s1. The van der Waals surface area contributed by atoms with Crippen molar-refractivity contribution in [2.24, 2.45) is 0 Å². The van der Waals surface area contributed by atoms with E-state index in [9.17, 15) is 4.79 Å². The first-order valence-electron chi connectivity index (χ1n) is 5.08. The predicted molar refractivity (Wildman–Crippen MR) is 63.4 cm³/mol. The lowest BCUT2D eigenvalue weighted by Crippen LogP contribution is -2.24. The van der Waals surface area contributed by atoms with Gasteiger partial charge in [0.05, 0.1) is 5.69 Å². The van der Waals surface area contributed by atoms with Crippen LogP contribution in [-0.4, -0.2) is 24.0 Å². The van der Waals surface area contributed by atoms with Crippen LogP contribution in [0.25, 0.3) is 0 Å². The third-order valence-corrected chi connectivity index (χ3v) is 3.06. The summed E-state index contributed by atoms with van der Waals surface area (Å²) in [6.07, 6.45) is 0.492. The number of nitrogens with zero attached hydrogens (tertiary/aromatic N) is 1. The number of nitrogens with one attached hydrogen (secondary N) is 2. The zero-order chi connectivity index (χ0) is 11.3. The molecule has 4 nitrogen and oxygen atoms in total. The van der Waals surface area contributed by atoms with Gasteiger partial charge in [0.15, 0.2) is 5.13 Å². The van der Waals surface area contributed by atoms with Crippen molar-refractivity contribution in [2.45, 2.75) is 27.2 Å². The maximum absolute atomic E-state index is 11.1. The fourth-order valence-corrected chi connectivity index (χ4v) is 1.96. The van der Waals surface area contributed by atoms with Gasteiger partial charge in [-0.3, -0.25) is 4.79 Å². The van der Waals surface area contributed by atoms with Gasteiger partial charge in [0.25, 0.3) is 0 Å². The monoisotopic (exact) mass is 227 g/mol. The Labute approximate surface area is 94.1 Å². The van der Waals surface area contributed by atoms with Gasteiger partial charge in [-0.15, -0.1) is 11.3 Å². The Morgan fingerprint density at radius 3 is 2.73 bits per heavy atom. The Morgan fingerprint density at radius 2 is 2.20 bits per heavy atom. The lowest BCUT2D eigenvalue weighted by molar-refractivity contribution is -0.120. The molecule has 1 rings (SSSR count). The second-order valence-electron chi connectivity index (χ2n) is 3.29. The van der Waals surface area contributed by atoms with Gasteiger partial charge in [-0.25, -0.2) is 4.98 Å². The minimum atomic E-state index is 0.0787. The summed E-state index contributed by atoms with van der Waals surface area (Å²) in [6.45, 7) is 7.27. The number of rotatable bonds is 5. The minimum absolute atomic E-state index is 0.0787. The van der Waals surface area contributed by atoms with E-state index in [4.69, 9.17) is 0 Å². The zero-order valence-electron chi connectivity index (χ0n) is 9.39. The number of aryl methyl sites for hydroxylation is 2. The van der Waals surface area contributed by atoms with Gasteiger partial charge in [-0.05, 0) is 20.8 Å². The Hall–Kier alpha value is -1.10. The number of anilines is 1. The largest absolute Gasteiger partial charge is 0.361 e. The van der Waals surface area contributed by atoms with Gasteiger partial charge >= 0.3 is 0 Å². The first kappa shape index (κ1) is 12.0. The number of carbonyl (C=O) groups excluding carboxylic acids is 1. The summed E-state index contributed by atoms with van der Waals surface area (Å²) in [5, 5.41) is 6.79. The van der Waals surface area contributed by atoms with Gasteiger partial charge in [-0.1, -0.05) is 0 Å². The lowest BCUT2D eigenvalue weighted by atomic mass is 10.4. The average Bonchev–Trinajstić information content (AvgIpc) is 2.46. The third-order valence-electron chi connectivity index (χ3n) is 2.03. The van der Waals surface area contributed by atoms with E-state index >= 15 is 0 Å². The van der Waals surface area contributed by atoms with Crippen LogP contribution < -0.4 is 10.6 Å². The van der Waals surface area contributed by atoms with E-state index < -0.39 is 0 Å². The van der Waals surface area contributed by atoms with E-state index in [1.54, 1.807) is 11.3 Å². The van der Waals surface area contributed by atoms with Crippen LogP contribution in [0.3, 0.4) is 0 Å². The molecular weight excluding hydrogens is 210 g/mol. The van der Waals surface area contributed by atoms with E-state index in [2.05, 4.69) is 15.6 Å². The first-order valence-corrected chi connectivity index (χ1v) is 5.89. The van der Waals surface area contributed by atoms with Gasteiger partial charge in [0.2, 0.25) is 5.91 Å². The molecule has 5 heteroatoms. The maximum Gasteiger partial charge on any atom is 0.221 e. The molecule has 0 unspecified atom stereocenters. The fraction of sp³-hybridized carbons (Fsp3) is 0.600. The third kappa shape index (κ3) is 3.87. The molecule has 1 heterocycles. The number of carbonyl (C=O) groups is 1. The van der Waals surface area contributed by atoms with Crippen molar-refractivity contribution in [1.29, 1.82) is 0 Å². The quantitative estimate of drug-likeness (QED) is 0.805. The predicted octanol–water partition coefficient (Wildman–Crippen LogP) is 1.70. The fourth-order valence-electron chi connectivity index (χ4n) is 1.12. The van der Waals surface area contributed by atoms with Crippen molar-refractivity contribution in [3.8, 4) is 0 Å². The molecule has 0 saturated carbocycles. The molecule has 0 atom stereocenters. The van der Waals surface area contributed by atoms with E-state index in [1.807, 2.05) is 20.8 Å². The van der Waals surface area contributed by atoms with Crippen molar-refractivity contribution >= 4 is 22.4 Å². The normalized spacial score (nSPS) is 10.1. The molecule has 0 aromatic carbocycles. The lowest BCUT2D eigenvalue weighted by Gasteiger charge is -2.02. The number of amides is 1. The summed E-state index contributed by atoms with van der Waals surface area (Å²) >= 11 is 1.63. The number of hydrogen-bond acceptors (Lipinski definition) is 4. The molecule has 1 aromatic rings. The van der Waals surface area contributed by atoms with Crippen LogP contribution in [0, 0.1) is 13.8 Å². The second-order valence-corrected chi connectivity index (χ2v) is 4.49. The van der Waals surface area contributed by atoms with Gasteiger partial charge in [-0.2, -0.15) is 0 Å². The van der Waals surface area contributed by atoms with Crippen molar-refractivity contribution < 1.29 is 4.79 Å². The zero-order valence-corrected chi connectivity index (χ0v) is 10.2. The van der Waals surface area contributed by atoms with Crippen molar-refractivity contribution in [3.05, 3.63) is 10.6 Å². The van der Waals surface area contributed by atoms with Crippen LogP contribution in [0.5, 0.6) is 0 Å². The summed E-state index contributed by atoms with van der Waals surface area (Å²) in [6, 6.07) is 0. The Balaban J connectivity index is 2.28. The maximum atomic E-state index is 11.1. The van der Waals surface area contributed by atoms with Crippen molar-refractivity contribution in [3.63, 3.8) is 0 Å². The molecule has 15 heavy (non-hydrogen) atoms. The summed E-state index contributed by atoms with van der Waals surface area (Å²) in [4.78, 5) is 16.7. The van der Waals surface area contributed by atoms with Crippen LogP contribution >= 0.6 is 11.3 Å². The van der Waals surface area contributed by atoms with Crippen LogP contribution in [0.2, 0.25) is 0 Å². The van der Waals surface area contributed by atoms with E-state index in [0.717, 1.165) is 10.8 Å². The molecular formula is C10H17N3OS. The molecule has 1 amide bonds. The van der Waals surface area contributed by atoms with E-state index in [0.29, 0.717) is 19.5 Å². The molecule has 2 N–H and O–H groups in total. The molecule has 0 aliphatic heterocycles. The first-order chi connectivity index (χ1) is 7.13. The Morgan fingerprint density at radius 1 is 1.47 bits per heavy atom. The highest BCUT2D eigenvalue weighted by Gasteiger charge is 2.03. The highest BCUT2D eigenvalue weighted by Crippen LogP contribution is 2.20. The van der Waals surface area contributed by atoms with E-state index in [1.165, 1.54) is 4.88 Å². The molecule has 0 saturated heterocycles. The molecule has 0 aliphatic carbocycles. The summed E-state index contributed by atoms with van der Waals surface area (Å²) in [5.74, 6) is 0.0787. The van der Waals surface area contributed by atoms with Gasteiger partial charge in [0.1, 0.15) is 0 Å². The number of aromatic nitrogens is 1. The smallest absolute Gasteiger partial charge is 0.221 e. The number of thiazole rings is 1. The summed E-state index contributed by atoms with van der Waals surface area (Å²) in [5.41, 5.74) is 1.06. The van der Waals surface area contributed by atoms with Crippen molar-refractivity contribution in [1.82, 2.24) is 10.3 Å².